The molecule has 0 aromatic heterocycles. The van der Waals surface area contributed by atoms with Crippen LogP contribution >= 0.6 is 11.6 Å². The van der Waals surface area contributed by atoms with Crippen molar-refractivity contribution in [1.82, 2.24) is 0 Å². The number of carbonyl (C=O) groups excluding carboxylic acids is 2. The standard InChI is InChI=1S/C22H18ClFN2O4/c1-29-18-12-17(26-22(28)20-14(23)9-6-10-15(20)24)19(30-2)11-16(18)25-21(27)13-7-4-3-5-8-13/h3-12H,1-2H3,(H,25,27)(H,26,28). The summed E-state index contributed by atoms with van der Waals surface area (Å²) in [7, 11) is 2.82. The maximum Gasteiger partial charge on any atom is 0.260 e. The van der Waals surface area contributed by atoms with Gasteiger partial charge in [-0.15, -0.1) is 0 Å². The Morgan fingerprint density at radius 2 is 1.40 bits per heavy atom. The number of hydrogen-bond donors (Lipinski definition) is 2. The fraction of sp³-hybridized carbons (Fsp3) is 0.0909. The smallest absolute Gasteiger partial charge is 0.260 e. The van der Waals surface area contributed by atoms with Crippen LogP contribution in [0.3, 0.4) is 0 Å². The third kappa shape index (κ3) is 4.52. The van der Waals surface area contributed by atoms with Crippen LogP contribution in [0.1, 0.15) is 20.7 Å². The Morgan fingerprint density at radius 3 is 1.93 bits per heavy atom. The summed E-state index contributed by atoms with van der Waals surface area (Å²) >= 11 is 5.96. The quantitative estimate of drug-likeness (QED) is 0.579. The van der Waals surface area contributed by atoms with E-state index in [0.29, 0.717) is 11.3 Å². The maximum absolute atomic E-state index is 14.1. The Labute approximate surface area is 177 Å². The summed E-state index contributed by atoms with van der Waals surface area (Å²) in [6.45, 7) is 0. The van der Waals surface area contributed by atoms with E-state index >= 15 is 0 Å². The molecule has 0 bridgehead atoms. The highest BCUT2D eigenvalue weighted by Gasteiger charge is 2.20. The molecule has 30 heavy (non-hydrogen) atoms. The number of anilines is 2. The van der Waals surface area contributed by atoms with Crippen LogP contribution in [0.4, 0.5) is 15.8 Å². The van der Waals surface area contributed by atoms with Crippen LogP contribution in [0.2, 0.25) is 5.02 Å². The molecule has 0 saturated heterocycles. The van der Waals surface area contributed by atoms with Crippen molar-refractivity contribution in [3.63, 3.8) is 0 Å². The molecule has 0 fully saturated rings. The van der Waals surface area contributed by atoms with Gasteiger partial charge in [0.2, 0.25) is 0 Å². The van der Waals surface area contributed by atoms with E-state index in [1.807, 2.05) is 0 Å². The second-order valence-electron chi connectivity index (χ2n) is 6.12. The summed E-state index contributed by atoms with van der Waals surface area (Å²) in [5, 5.41) is 5.29. The van der Waals surface area contributed by atoms with Crippen LogP contribution in [0.5, 0.6) is 11.5 Å². The third-order valence-electron chi connectivity index (χ3n) is 4.24. The summed E-state index contributed by atoms with van der Waals surface area (Å²) < 4.78 is 24.7. The lowest BCUT2D eigenvalue weighted by atomic mass is 10.1. The number of halogens is 2. The summed E-state index contributed by atoms with van der Waals surface area (Å²) in [5.74, 6) is -1.34. The predicted molar refractivity (Wildman–Crippen MR) is 113 cm³/mol. The van der Waals surface area contributed by atoms with Gasteiger partial charge in [-0.25, -0.2) is 4.39 Å². The van der Waals surface area contributed by atoms with E-state index < -0.39 is 11.7 Å². The van der Waals surface area contributed by atoms with Gasteiger partial charge in [0, 0.05) is 17.7 Å². The summed E-state index contributed by atoms with van der Waals surface area (Å²) in [6, 6.07) is 15.6. The molecular weight excluding hydrogens is 411 g/mol. The van der Waals surface area contributed by atoms with Crippen LogP contribution < -0.4 is 20.1 Å². The fourth-order valence-electron chi connectivity index (χ4n) is 2.78. The minimum Gasteiger partial charge on any atom is -0.494 e. The fourth-order valence-corrected chi connectivity index (χ4v) is 3.03. The number of benzene rings is 3. The Balaban J connectivity index is 1.91. The van der Waals surface area contributed by atoms with Crippen molar-refractivity contribution >= 4 is 34.8 Å². The average Bonchev–Trinajstić information content (AvgIpc) is 2.74. The van der Waals surface area contributed by atoms with Gasteiger partial charge in [-0.3, -0.25) is 9.59 Å². The number of amides is 2. The van der Waals surface area contributed by atoms with E-state index in [4.69, 9.17) is 21.1 Å². The van der Waals surface area contributed by atoms with Gasteiger partial charge in [0.05, 0.1) is 36.2 Å². The molecule has 0 aliphatic carbocycles. The summed E-state index contributed by atoms with van der Waals surface area (Å²) in [6.07, 6.45) is 0. The third-order valence-corrected chi connectivity index (χ3v) is 4.56. The lowest BCUT2D eigenvalue weighted by Crippen LogP contribution is -2.16. The SMILES string of the molecule is COc1cc(NC(=O)c2c(F)cccc2Cl)c(OC)cc1NC(=O)c1ccccc1. The van der Waals surface area contributed by atoms with E-state index in [2.05, 4.69) is 10.6 Å². The molecule has 0 aliphatic rings. The molecule has 0 radical (unpaired) electrons. The number of rotatable bonds is 6. The van der Waals surface area contributed by atoms with Gasteiger partial charge < -0.3 is 20.1 Å². The molecule has 3 aromatic carbocycles. The first-order chi connectivity index (χ1) is 14.4. The molecule has 0 unspecified atom stereocenters. The van der Waals surface area contributed by atoms with E-state index in [0.717, 1.165) is 6.07 Å². The van der Waals surface area contributed by atoms with Gasteiger partial charge >= 0.3 is 0 Å². The maximum atomic E-state index is 14.1. The Bertz CT molecular complexity index is 1070. The van der Waals surface area contributed by atoms with Crippen molar-refractivity contribution in [2.75, 3.05) is 24.9 Å². The highest BCUT2D eigenvalue weighted by atomic mass is 35.5. The molecule has 0 atom stereocenters. The summed E-state index contributed by atoms with van der Waals surface area (Å²) in [4.78, 5) is 25.0. The van der Waals surface area contributed by atoms with Crippen molar-refractivity contribution in [2.45, 2.75) is 0 Å². The minimum absolute atomic E-state index is 0.0230. The van der Waals surface area contributed by atoms with Crippen LogP contribution in [0, 0.1) is 5.82 Å². The summed E-state index contributed by atoms with van der Waals surface area (Å²) in [5.41, 5.74) is 0.730. The second kappa shape index (κ2) is 9.28. The highest BCUT2D eigenvalue weighted by Crippen LogP contribution is 2.37. The van der Waals surface area contributed by atoms with Gasteiger partial charge in [-0.1, -0.05) is 35.9 Å². The molecule has 0 heterocycles. The predicted octanol–water partition coefficient (Wildman–Crippen LogP) is 5.00. The molecule has 2 N–H and O–H groups in total. The van der Waals surface area contributed by atoms with E-state index in [1.54, 1.807) is 30.3 Å². The monoisotopic (exact) mass is 428 g/mol. The number of ether oxygens (including phenoxy) is 2. The zero-order valence-electron chi connectivity index (χ0n) is 16.2. The van der Waals surface area contributed by atoms with Crippen LogP contribution in [0.15, 0.2) is 60.7 Å². The van der Waals surface area contributed by atoms with Gasteiger partial charge in [-0.2, -0.15) is 0 Å². The molecule has 154 valence electrons. The van der Waals surface area contributed by atoms with Gasteiger partial charge in [0.15, 0.2) is 0 Å². The van der Waals surface area contributed by atoms with E-state index in [-0.39, 0.29) is 33.7 Å². The van der Waals surface area contributed by atoms with Crippen molar-refractivity contribution in [3.8, 4) is 11.5 Å². The Hall–Kier alpha value is -3.58. The Morgan fingerprint density at radius 1 is 0.833 bits per heavy atom. The molecule has 2 amide bonds. The van der Waals surface area contributed by atoms with Gasteiger partial charge in [0.25, 0.3) is 11.8 Å². The lowest BCUT2D eigenvalue weighted by Gasteiger charge is -2.16. The molecule has 3 aromatic rings. The first kappa shape index (κ1) is 21.1. The van der Waals surface area contributed by atoms with Crippen molar-refractivity contribution in [2.24, 2.45) is 0 Å². The normalized spacial score (nSPS) is 10.3. The number of nitrogens with one attached hydrogen (secondary N) is 2. The zero-order valence-corrected chi connectivity index (χ0v) is 16.9. The largest absolute Gasteiger partial charge is 0.494 e. The van der Waals surface area contributed by atoms with Crippen LogP contribution in [-0.2, 0) is 0 Å². The number of hydrogen-bond acceptors (Lipinski definition) is 4. The molecule has 3 rings (SSSR count). The second-order valence-corrected chi connectivity index (χ2v) is 6.53. The highest BCUT2D eigenvalue weighted by molar-refractivity contribution is 6.34. The molecule has 0 aliphatic heterocycles. The van der Waals surface area contributed by atoms with Gasteiger partial charge in [-0.05, 0) is 24.3 Å². The Kier molecular flexibility index (Phi) is 6.54. The van der Waals surface area contributed by atoms with Crippen LogP contribution in [0.25, 0.3) is 0 Å². The molecule has 6 nitrogen and oxygen atoms in total. The lowest BCUT2D eigenvalue weighted by molar-refractivity contribution is 0.101. The van der Waals surface area contributed by atoms with Gasteiger partial charge in [0.1, 0.15) is 17.3 Å². The first-order valence-electron chi connectivity index (χ1n) is 8.82. The van der Waals surface area contributed by atoms with E-state index in [1.165, 1.54) is 38.5 Å². The van der Waals surface area contributed by atoms with Crippen LogP contribution in [-0.4, -0.2) is 26.0 Å². The van der Waals surface area contributed by atoms with Crippen molar-refractivity contribution in [1.29, 1.82) is 0 Å². The van der Waals surface area contributed by atoms with E-state index in [9.17, 15) is 14.0 Å². The molecule has 8 heteroatoms. The van der Waals surface area contributed by atoms with Crippen molar-refractivity contribution < 1.29 is 23.5 Å². The number of methoxy groups -OCH3 is 2. The average molecular weight is 429 g/mol. The zero-order chi connectivity index (χ0) is 21.7. The topological polar surface area (TPSA) is 76.7 Å². The molecule has 0 spiro atoms. The van der Waals surface area contributed by atoms with Crippen molar-refractivity contribution in [3.05, 3.63) is 82.6 Å². The number of carbonyl (C=O) groups is 2. The molecule has 0 saturated carbocycles. The first-order valence-corrected chi connectivity index (χ1v) is 9.20. The molecular formula is C22H18ClFN2O4. The minimum atomic E-state index is -0.752.